The van der Waals surface area contributed by atoms with Gasteiger partial charge in [-0.1, -0.05) is 0 Å². The molecular weight excluding hydrogens is 204 g/mol. The van der Waals surface area contributed by atoms with Crippen molar-refractivity contribution < 1.29 is 5.11 Å². The van der Waals surface area contributed by atoms with Gasteiger partial charge in [-0.2, -0.15) is 0 Å². The molecule has 1 aliphatic rings. The second-order valence-corrected chi connectivity index (χ2v) is 4.19. The molecule has 1 aromatic rings. The van der Waals surface area contributed by atoms with E-state index >= 15 is 0 Å². The quantitative estimate of drug-likeness (QED) is 0.695. The van der Waals surface area contributed by atoms with Gasteiger partial charge in [0.15, 0.2) is 0 Å². The molecule has 88 valence electrons. The van der Waals surface area contributed by atoms with E-state index in [1.165, 1.54) is 0 Å². The fraction of sp³-hybridized carbons (Fsp3) is 0.636. The number of aromatic nitrogens is 2. The molecule has 1 heterocycles. The highest BCUT2D eigenvalue weighted by atomic mass is 16.3. The molecular formula is C11H18N4O. The van der Waals surface area contributed by atoms with Crippen LogP contribution in [0.1, 0.15) is 19.8 Å². The summed E-state index contributed by atoms with van der Waals surface area (Å²) < 4.78 is 0. The Morgan fingerprint density at radius 3 is 2.62 bits per heavy atom. The van der Waals surface area contributed by atoms with Crippen LogP contribution in [0.4, 0.5) is 11.6 Å². The second kappa shape index (κ2) is 5.12. The van der Waals surface area contributed by atoms with E-state index in [2.05, 4.69) is 20.6 Å². The SMILES string of the molecule is CCNc1cc(NCC2CC(O)C2)ncn1. The summed E-state index contributed by atoms with van der Waals surface area (Å²) in [5.41, 5.74) is 0. The Balaban J connectivity index is 1.81. The molecule has 0 aliphatic heterocycles. The average Bonchev–Trinajstić information content (AvgIpc) is 2.24. The predicted molar refractivity (Wildman–Crippen MR) is 63.4 cm³/mol. The minimum absolute atomic E-state index is 0.0884. The van der Waals surface area contributed by atoms with Gasteiger partial charge in [-0.25, -0.2) is 9.97 Å². The maximum atomic E-state index is 9.17. The van der Waals surface area contributed by atoms with E-state index in [1.54, 1.807) is 6.33 Å². The molecule has 16 heavy (non-hydrogen) atoms. The molecule has 1 fully saturated rings. The summed E-state index contributed by atoms with van der Waals surface area (Å²) in [5, 5.41) is 15.6. The summed E-state index contributed by atoms with van der Waals surface area (Å²) in [6, 6.07) is 1.90. The van der Waals surface area contributed by atoms with Crippen LogP contribution < -0.4 is 10.6 Å². The highest BCUT2D eigenvalue weighted by molar-refractivity contribution is 5.46. The normalized spacial score (nSPS) is 23.6. The second-order valence-electron chi connectivity index (χ2n) is 4.19. The first-order chi connectivity index (χ1) is 7.78. The molecule has 0 amide bonds. The van der Waals surface area contributed by atoms with E-state index in [-0.39, 0.29) is 6.10 Å². The van der Waals surface area contributed by atoms with Crippen molar-refractivity contribution >= 4 is 11.6 Å². The van der Waals surface area contributed by atoms with Gasteiger partial charge in [-0.15, -0.1) is 0 Å². The molecule has 3 N–H and O–H groups in total. The minimum atomic E-state index is -0.0884. The van der Waals surface area contributed by atoms with E-state index in [4.69, 9.17) is 5.11 Å². The van der Waals surface area contributed by atoms with Crippen molar-refractivity contribution in [2.75, 3.05) is 23.7 Å². The van der Waals surface area contributed by atoms with Crippen LogP contribution in [0.25, 0.3) is 0 Å². The monoisotopic (exact) mass is 222 g/mol. The molecule has 0 atom stereocenters. The topological polar surface area (TPSA) is 70.1 Å². The molecule has 1 aliphatic carbocycles. The number of hydrogen-bond acceptors (Lipinski definition) is 5. The van der Waals surface area contributed by atoms with Gasteiger partial charge in [-0.3, -0.25) is 0 Å². The van der Waals surface area contributed by atoms with Crippen molar-refractivity contribution in [1.82, 2.24) is 9.97 Å². The van der Waals surface area contributed by atoms with Crippen LogP contribution in [-0.2, 0) is 0 Å². The fourth-order valence-corrected chi connectivity index (χ4v) is 1.85. The van der Waals surface area contributed by atoms with Crippen molar-refractivity contribution in [1.29, 1.82) is 0 Å². The molecule has 0 bridgehead atoms. The number of aliphatic hydroxyl groups excluding tert-OH is 1. The maximum Gasteiger partial charge on any atom is 0.131 e. The zero-order chi connectivity index (χ0) is 11.4. The minimum Gasteiger partial charge on any atom is -0.393 e. The summed E-state index contributed by atoms with van der Waals surface area (Å²) in [4.78, 5) is 8.25. The van der Waals surface area contributed by atoms with Crippen LogP contribution in [0.5, 0.6) is 0 Å². The molecule has 0 spiro atoms. The van der Waals surface area contributed by atoms with Crippen molar-refractivity contribution in [3.05, 3.63) is 12.4 Å². The lowest BCUT2D eigenvalue weighted by Crippen LogP contribution is -2.33. The number of rotatable bonds is 5. The Morgan fingerprint density at radius 1 is 1.31 bits per heavy atom. The first kappa shape index (κ1) is 11.1. The van der Waals surface area contributed by atoms with Gasteiger partial charge in [0, 0.05) is 19.2 Å². The highest BCUT2D eigenvalue weighted by Crippen LogP contribution is 2.27. The molecule has 1 aromatic heterocycles. The first-order valence-corrected chi connectivity index (χ1v) is 5.75. The van der Waals surface area contributed by atoms with E-state index in [0.717, 1.165) is 37.6 Å². The van der Waals surface area contributed by atoms with Gasteiger partial charge >= 0.3 is 0 Å². The van der Waals surface area contributed by atoms with E-state index in [0.29, 0.717) is 5.92 Å². The molecule has 0 saturated heterocycles. The lowest BCUT2D eigenvalue weighted by atomic mass is 9.82. The Morgan fingerprint density at radius 2 is 2.00 bits per heavy atom. The number of aliphatic hydroxyl groups is 1. The Bertz CT molecular complexity index is 339. The van der Waals surface area contributed by atoms with Gasteiger partial charge in [0.2, 0.25) is 0 Å². The van der Waals surface area contributed by atoms with Crippen molar-refractivity contribution in [3.63, 3.8) is 0 Å². The van der Waals surface area contributed by atoms with Crippen molar-refractivity contribution in [2.45, 2.75) is 25.9 Å². The van der Waals surface area contributed by atoms with E-state index in [9.17, 15) is 0 Å². The first-order valence-electron chi connectivity index (χ1n) is 5.75. The third-order valence-electron chi connectivity index (χ3n) is 2.81. The summed E-state index contributed by atoms with van der Waals surface area (Å²) in [6.45, 7) is 3.76. The summed E-state index contributed by atoms with van der Waals surface area (Å²) in [5.74, 6) is 2.26. The third-order valence-corrected chi connectivity index (χ3v) is 2.81. The average molecular weight is 222 g/mol. The lowest BCUT2D eigenvalue weighted by molar-refractivity contribution is 0.0486. The molecule has 5 heteroatoms. The van der Waals surface area contributed by atoms with Gasteiger partial charge in [0.25, 0.3) is 0 Å². The van der Waals surface area contributed by atoms with Crippen LogP contribution >= 0.6 is 0 Å². The van der Waals surface area contributed by atoms with Crippen LogP contribution in [0.15, 0.2) is 12.4 Å². The summed E-state index contributed by atoms with van der Waals surface area (Å²) in [6.07, 6.45) is 3.27. The van der Waals surface area contributed by atoms with Gasteiger partial charge in [0.1, 0.15) is 18.0 Å². The number of anilines is 2. The molecule has 0 unspecified atom stereocenters. The zero-order valence-electron chi connectivity index (χ0n) is 9.48. The van der Waals surface area contributed by atoms with Gasteiger partial charge in [0.05, 0.1) is 6.10 Å². The number of nitrogens with one attached hydrogen (secondary N) is 2. The molecule has 5 nitrogen and oxygen atoms in total. The smallest absolute Gasteiger partial charge is 0.131 e. The highest BCUT2D eigenvalue weighted by Gasteiger charge is 2.26. The van der Waals surface area contributed by atoms with Crippen molar-refractivity contribution in [3.8, 4) is 0 Å². The summed E-state index contributed by atoms with van der Waals surface area (Å²) >= 11 is 0. The van der Waals surface area contributed by atoms with Crippen LogP contribution in [0, 0.1) is 5.92 Å². The Kier molecular flexibility index (Phi) is 3.56. The molecule has 1 saturated carbocycles. The molecule has 0 radical (unpaired) electrons. The fourth-order valence-electron chi connectivity index (χ4n) is 1.85. The van der Waals surface area contributed by atoms with Crippen LogP contribution in [0.2, 0.25) is 0 Å². The lowest BCUT2D eigenvalue weighted by Gasteiger charge is -2.31. The largest absolute Gasteiger partial charge is 0.393 e. The summed E-state index contributed by atoms with van der Waals surface area (Å²) in [7, 11) is 0. The Hall–Kier alpha value is -1.36. The Labute approximate surface area is 95.3 Å². The third kappa shape index (κ3) is 2.82. The standard InChI is InChI=1S/C11H18N4O/c1-2-12-10-5-11(15-7-14-10)13-6-8-3-9(16)4-8/h5,7-9,16H,2-4,6H2,1H3,(H2,12,13,14,15). The maximum absolute atomic E-state index is 9.17. The molecule has 0 aromatic carbocycles. The van der Waals surface area contributed by atoms with Crippen molar-refractivity contribution in [2.24, 2.45) is 5.92 Å². The zero-order valence-corrected chi connectivity index (χ0v) is 9.48. The molecule has 2 rings (SSSR count). The van der Waals surface area contributed by atoms with Gasteiger partial charge < -0.3 is 15.7 Å². The van der Waals surface area contributed by atoms with Crippen LogP contribution in [-0.4, -0.2) is 34.3 Å². The number of nitrogens with zero attached hydrogens (tertiary/aromatic N) is 2. The number of hydrogen-bond donors (Lipinski definition) is 3. The van der Waals surface area contributed by atoms with E-state index in [1.807, 2.05) is 13.0 Å². The van der Waals surface area contributed by atoms with Crippen LogP contribution in [0.3, 0.4) is 0 Å². The van der Waals surface area contributed by atoms with E-state index < -0.39 is 0 Å². The van der Waals surface area contributed by atoms with Gasteiger partial charge in [-0.05, 0) is 25.7 Å². The predicted octanol–water partition coefficient (Wildman–Crippen LogP) is 1.09.